The van der Waals surface area contributed by atoms with Crippen molar-refractivity contribution in [2.75, 3.05) is 6.61 Å². The summed E-state index contributed by atoms with van der Waals surface area (Å²) in [7, 11) is 0. The van der Waals surface area contributed by atoms with E-state index in [1.54, 1.807) is 10.9 Å². The first kappa shape index (κ1) is 16.2. The van der Waals surface area contributed by atoms with E-state index in [4.69, 9.17) is 21.7 Å². The second-order valence-corrected chi connectivity index (χ2v) is 5.32. The Morgan fingerprint density at radius 2 is 2.18 bits per heavy atom. The van der Waals surface area contributed by atoms with Gasteiger partial charge in [-0.05, 0) is 63.7 Å². The molecule has 2 aromatic rings. The monoisotopic (exact) mass is 320 g/mol. The molecule has 2 rings (SSSR count). The minimum atomic E-state index is 0.0885. The fourth-order valence-corrected chi connectivity index (χ4v) is 2.08. The smallest absolute Gasteiger partial charge is 0.216 e. The van der Waals surface area contributed by atoms with Gasteiger partial charge in [0.2, 0.25) is 4.77 Å². The normalized spacial score (nSPS) is 11.3. The van der Waals surface area contributed by atoms with Crippen molar-refractivity contribution >= 4 is 18.4 Å². The van der Waals surface area contributed by atoms with Crippen molar-refractivity contribution in [3.05, 3.63) is 34.4 Å². The van der Waals surface area contributed by atoms with Gasteiger partial charge < -0.3 is 9.47 Å². The van der Waals surface area contributed by atoms with Crippen molar-refractivity contribution in [3.8, 4) is 11.5 Å². The summed E-state index contributed by atoms with van der Waals surface area (Å²) in [6.45, 7) is 8.30. The van der Waals surface area contributed by atoms with E-state index in [9.17, 15) is 0 Å². The van der Waals surface area contributed by atoms with E-state index in [0.717, 1.165) is 11.3 Å². The van der Waals surface area contributed by atoms with Crippen LogP contribution in [0, 0.1) is 11.7 Å². The van der Waals surface area contributed by atoms with Crippen LogP contribution in [-0.2, 0) is 0 Å². The maximum atomic E-state index is 5.74. The van der Waals surface area contributed by atoms with Gasteiger partial charge in [0.05, 0.1) is 18.9 Å². The summed E-state index contributed by atoms with van der Waals surface area (Å²) in [6.07, 6.45) is 1.80. The highest BCUT2D eigenvalue weighted by molar-refractivity contribution is 7.71. The number of nitrogens with one attached hydrogen (secondary N) is 1. The number of H-pyrrole nitrogens is 1. The third kappa shape index (κ3) is 3.94. The molecule has 1 heterocycles. The van der Waals surface area contributed by atoms with Crippen LogP contribution in [0.15, 0.2) is 23.3 Å². The molecule has 0 atom stereocenters. The third-order valence-electron chi connectivity index (χ3n) is 2.76. The Hall–Kier alpha value is -2.15. The van der Waals surface area contributed by atoms with E-state index < -0.39 is 0 Å². The molecule has 0 radical (unpaired) electrons. The van der Waals surface area contributed by atoms with Crippen molar-refractivity contribution in [2.45, 2.75) is 33.8 Å². The van der Waals surface area contributed by atoms with Gasteiger partial charge in [-0.1, -0.05) is 0 Å². The zero-order valence-corrected chi connectivity index (χ0v) is 14.0. The number of nitrogens with zero attached hydrogens (tertiary/aromatic N) is 3. The molecule has 0 saturated carbocycles. The molecule has 0 aliphatic heterocycles. The van der Waals surface area contributed by atoms with Crippen LogP contribution in [0.25, 0.3) is 0 Å². The predicted molar refractivity (Wildman–Crippen MR) is 88.5 cm³/mol. The van der Waals surface area contributed by atoms with E-state index in [2.05, 4.69) is 15.3 Å². The Balaban J connectivity index is 2.28. The van der Waals surface area contributed by atoms with E-state index in [-0.39, 0.29) is 6.10 Å². The standard InChI is InChI=1S/C15H20N4O2S/c1-5-20-14-8-12(6-7-13(14)21-10(2)3)9-16-19-11(4)17-18-15(19)22/h6-10H,5H2,1-4H3,(H,18,22)/b16-9-. The molecule has 0 amide bonds. The second-order valence-electron chi connectivity index (χ2n) is 4.94. The van der Waals surface area contributed by atoms with Gasteiger partial charge in [0.25, 0.3) is 0 Å². The molecule has 0 saturated heterocycles. The number of hydrogen-bond donors (Lipinski definition) is 1. The largest absolute Gasteiger partial charge is 0.490 e. The molecular weight excluding hydrogens is 300 g/mol. The number of ether oxygens (including phenoxy) is 2. The summed E-state index contributed by atoms with van der Waals surface area (Å²) >= 11 is 5.11. The van der Waals surface area contributed by atoms with Crippen LogP contribution in [0.5, 0.6) is 11.5 Å². The molecule has 1 N–H and O–H groups in total. The Morgan fingerprint density at radius 3 is 2.77 bits per heavy atom. The third-order valence-corrected chi connectivity index (χ3v) is 3.03. The summed E-state index contributed by atoms with van der Waals surface area (Å²) < 4.78 is 13.4. The first-order chi connectivity index (χ1) is 10.5. The highest BCUT2D eigenvalue weighted by Gasteiger charge is 2.07. The number of benzene rings is 1. The van der Waals surface area contributed by atoms with Crippen molar-refractivity contribution < 1.29 is 9.47 Å². The molecule has 6 nitrogen and oxygen atoms in total. The molecule has 1 aromatic heterocycles. The molecule has 22 heavy (non-hydrogen) atoms. The second kappa shape index (κ2) is 7.22. The number of aryl methyl sites for hydroxylation is 1. The fraction of sp³-hybridized carbons (Fsp3) is 0.400. The zero-order chi connectivity index (χ0) is 16.1. The number of aromatic amines is 1. The van der Waals surface area contributed by atoms with Gasteiger partial charge in [-0.15, -0.1) is 0 Å². The molecule has 118 valence electrons. The molecule has 0 aliphatic carbocycles. The van der Waals surface area contributed by atoms with Crippen LogP contribution in [0.2, 0.25) is 0 Å². The maximum absolute atomic E-state index is 5.74. The number of aromatic nitrogens is 3. The minimum Gasteiger partial charge on any atom is -0.490 e. The molecule has 7 heteroatoms. The Bertz CT molecular complexity index is 719. The minimum absolute atomic E-state index is 0.0885. The van der Waals surface area contributed by atoms with Gasteiger partial charge in [-0.3, -0.25) is 5.10 Å². The molecule has 0 spiro atoms. The van der Waals surface area contributed by atoms with Gasteiger partial charge >= 0.3 is 0 Å². The van der Waals surface area contributed by atoms with Gasteiger partial charge in [0.15, 0.2) is 11.5 Å². The SMILES string of the molecule is CCOc1cc(/C=N\n2c(C)n[nH]c2=S)ccc1OC(C)C. The van der Waals surface area contributed by atoms with Crippen molar-refractivity contribution in [1.29, 1.82) is 0 Å². The number of rotatable bonds is 6. The van der Waals surface area contributed by atoms with E-state index in [0.29, 0.717) is 23.0 Å². The highest BCUT2D eigenvalue weighted by atomic mass is 32.1. The first-order valence-electron chi connectivity index (χ1n) is 7.13. The van der Waals surface area contributed by atoms with Crippen molar-refractivity contribution in [2.24, 2.45) is 5.10 Å². The fourth-order valence-electron chi connectivity index (χ4n) is 1.86. The molecule has 0 aliphatic rings. The molecule has 1 aromatic carbocycles. The van der Waals surface area contributed by atoms with Crippen LogP contribution < -0.4 is 9.47 Å². The summed E-state index contributed by atoms with van der Waals surface area (Å²) in [5.74, 6) is 2.13. The van der Waals surface area contributed by atoms with Crippen LogP contribution in [0.3, 0.4) is 0 Å². The molecule has 0 unspecified atom stereocenters. The van der Waals surface area contributed by atoms with Crippen LogP contribution >= 0.6 is 12.2 Å². The summed E-state index contributed by atoms with van der Waals surface area (Å²) in [5, 5.41) is 11.0. The quantitative estimate of drug-likeness (QED) is 0.655. The zero-order valence-electron chi connectivity index (χ0n) is 13.2. The first-order valence-corrected chi connectivity index (χ1v) is 7.54. The summed E-state index contributed by atoms with van der Waals surface area (Å²) in [6, 6.07) is 5.69. The average molecular weight is 320 g/mol. The Labute approximate surface area is 134 Å². The lowest BCUT2D eigenvalue weighted by atomic mass is 10.2. The lowest BCUT2D eigenvalue weighted by Crippen LogP contribution is -2.07. The van der Waals surface area contributed by atoms with E-state index in [1.807, 2.05) is 45.9 Å². The average Bonchev–Trinajstić information content (AvgIpc) is 2.78. The van der Waals surface area contributed by atoms with Crippen molar-refractivity contribution in [3.63, 3.8) is 0 Å². The van der Waals surface area contributed by atoms with E-state index >= 15 is 0 Å². The van der Waals surface area contributed by atoms with Crippen LogP contribution in [0.1, 0.15) is 32.2 Å². The van der Waals surface area contributed by atoms with Gasteiger partial charge in [-0.25, -0.2) is 0 Å². The molecular formula is C15H20N4O2S. The maximum Gasteiger partial charge on any atom is 0.216 e. The lowest BCUT2D eigenvalue weighted by Gasteiger charge is -2.14. The highest BCUT2D eigenvalue weighted by Crippen LogP contribution is 2.29. The van der Waals surface area contributed by atoms with Gasteiger partial charge in [-0.2, -0.15) is 14.9 Å². The number of hydrogen-bond acceptors (Lipinski definition) is 5. The van der Waals surface area contributed by atoms with E-state index in [1.165, 1.54) is 0 Å². The van der Waals surface area contributed by atoms with Crippen molar-refractivity contribution in [1.82, 2.24) is 14.9 Å². The molecule has 0 fully saturated rings. The predicted octanol–water partition coefficient (Wildman–Crippen LogP) is 3.32. The summed E-state index contributed by atoms with van der Waals surface area (Å²) in [5.41, 5.74) is 0.891. The van der Waals surface area contributed by atoms with Gasteiger partial charge in [0.1, 0.15) is 5.82 Å². The Kier molecular flexibility index (Phi) is 5.32. The lowest BCUT2D eigenvalue weighted by molar-refractivity contribution is 0.224. The topological polar surface area (TPSA) is 64.4 Å². The van der Waals surface area contributed by atoms with Crippen LogP contribution in [-0.4, -0.2) is 33.8 Å². The Morgan fingerprint density at radius 1 is 1.41 bits per heavy atom. The van der Waals surface area contributed by atoms with Gasteiger partial charge in [0, 0.05) is 0 Å². The van der Waals surface area contributed by atoms with Crippen LogP contribution in [0.4, 0.5) is 0 Å². The summed E-state index contributed by atoms with van der Waals surface area (Å²) in [4.78, 5) is 0. The molecule has 0 bridgehead atoms.